The smallest absolute Gasteiger partial charge is 0.312 e. The number of aliphatic carboxylic acids is 1. The van der Waals surface area contributed by atoms with Gasteiger partial charge in [-0.3, -0.25) is 4.79 Å². The first-order chi connectivity index (χ1) is 8.60. The SMILES string of the molecule is COc1ccc(-c2noc(CC(=O)O)n2)cc1Br. The summed E-state index contributed by atoms with van der Waals surface area (Å²) in [7, 11) is 1.57. The van der Waals surface area contributed by atoms with Crippen LogP contribution in [0.15, 0.2) is 27.2 Å². The van der Waals surface area contributed by atoms with Gasteiger partial charge in [0.1, 0.15) is 12.2 Å². The second-order valence-corrected chi connectivity index (χ2v) is 4.29. The molecule has 2 rings (SSSR count). The molecule has 1 aromatic heterocycles. The van der Waals surface area contributed by atoms with Crippen LogP contribution >= 0.6 is 15.9 Å². The van der Waals surface area contributed by atoms with Crippen molar-refractivity contribution in [2.75, 3.05) is 7.11 Å². The van der Waals surface area contributed by atoms with Gasteiger partial charge in [-0.25, -0.2) is 0 Å². The predicted molar refractivity (Wildman–Crippen MR) is 65.3 cm³/mol. The normalized spacial score (nSPS) is 10.3. The number of methoxy groups -OCH3 is 1. The number of ether oxygens (including phenoxy) is 1. The van der Waals surface area contributed by atoms with Gasteiger partial charge in [-0.15, -0.1) is 0 Å². The lowest BCUT2D eigenvalue weighted by atomic mass is 10.2. The van der Waals surface area contributed by atoms with Crippen molar-refractivity contribution in [2.24, 2.45) is 0 Å². The fraction of sp³-hybridized carbons (Fsp3) is 0.182. The first-order valence-electron chi connectivity index (χ1n) is 4.98. The molecule has 6 nitrogen and oxygen atoms in total. The molecule has 1 aromatic carbocycles. The van der Waals surface area contributed by atoms with Crippen LogP contribution in [0.3, 0.4) is 0 Å². The van der Waals surface area contributed by atoms with Crippen LogP contribution in [0.1, 0.15) is 5.89 Å². The summed E-state index contributed by atoms with van der Waals surface area (Å²) in [6.07, 6.45) is -0.287. The molecule has 0 aliphatic heterocycles. The Hall–Kier alpha value is -1.89. The molecule has 1 heterocycles. The first-order valence-corrected chi connectivity index (χ1v) is 5.77. The monoisotopic (exact) mass is 312 g/mol. The summed E-state index contributed by atoms with van der Waals surface area (Å²) in [5.74, 6) is 0.0909. The topological polar surface area (TPSA) is 85.5 Å². The molecule has 0 amide bonds. The summed E-state index contributed by atoms with van der Waals surface area (Å²) >= 11 is 3.35. The number of hydrogen-bond acceptors (Lipinski definition) is 5. The molecule has 0 radical (unpaired) electrons. The van der Waals surface area contributed by atoms with Crippen LogP contribution in [-0.4, -0.2) is 28.3 Å². The van der Waals surface area contributed by atoms with Crippen molar-refractivity contribution < 1.29 is 19.2 Å². The summed E-state index contributed by atoms with van der Waals surface area (Å²) in [5, 5.41) is 12.3. The number of carboxylic acids is 1. The quantitative estimate of drug-likeness (QED) is 0.930. The molecule has 0 saturated carbocycles. The number of hydrogen-bond donors (Lipinski definition) is 1. The minimum absolute atomic E-state index is 0.0736. The van der Waals surface area contributed by atoms with Crippen molar-refractivity contribution in [3.05, 3.63) is 28.6 Å². The lowest BCUT2D eigenvalue weighted by Gasteiger charge is -2.03. The van der Waals surface area contributed by atoms with E-state index in [4.69, 9.17) is 14.4 Å². The molecule has 2 aromatic rings. The number of halogens is 1. The van der Waals surface area contributed by atoms with Crippen LogP contribution in [0.5, 0.6) is 5.75 Å². The Balaban J connectivity index is 2.28. The van der Waals surface area contributed by atoms with Crippen molar-refractivity contribution in [3.8, 4) is 17.1 Å². The number of nitrogens with zero attached hydrogens (tertiary/aromatic N) is 2. The highest BCUT2D eigenvalue weighted by atomic mass is 79.9. The van der Waals surface area contributed by atoms with Gasteiger partial charge in [-0.1, -0.05) is 5.16 Å². The van der Waals surface area contributed by atoms with Gasteiger partial charge < -0.3 is 14.4 Å². The molecule has 0 spiro atoms. The molecular weight excluding hydrogens is 304 g/mol. The van der Waals surface area contributed by atoms with Gasteiger partial charge in [-0.05, 0) is 34.1 Å². The fourth-order valence-corrected chi connectivity index (χ4v) is 1.92. The molecule has 0 bridgehead atoms. The average molecular weight is 313 g/mol. The molecule has 18 heavy (non-hydrogen) atoms. The summed E-state index contributed by atoms with van der Waals surface area (Å²) in [6.45, 7) is 0. The Morgan fingerprint density at radius 3 is 2.94 bits per heavy atom. The lowest BCUT2D eigenvalue weighted by molar-refractivity contribution is -0.136. The highest BCUT2D eigenvalue weighted by Gasteiger charge is 2.12. The van der Waals surface area contributed by atoms with E-state index >= 15 is 0 Å². The second kappa shape index (κ2) is 5.18. The zero-order valence-corrected chi connectivity index (χ0v) is 11.0. The third-order valence-electron chi connectivity index (χ3n) is 2.18. The van der Waals surface area contributed by atoms with Gasteiger partial charge in [-0.2, -0.15) is 4.98 Å². The highest BCUT2D eigenvalue weighted by Crippen LogP contribution is 2.29. The molecule has 0 atom stereocenters. The van der Waals surface area contributed by atoms with Crippen LogP contribution < -0.4 is 4.74 Å². The molecule has 0 unspecified atom stereocenters. The largest absolute Gasteiger partial charge is 0.496 e. The van der Waals surface area contributed by atoms with E-state index in [1.807, 2.05) is 0 Å². The molecule has 0 aliphatic rings. The summed E-state index contributed by atoms with van der Waals surface area (Å²) in [4.78, 5) is 14.5. The summed E-state index contributed by atoms with van der Waals surface area (Å²) < 4.78 is 10.7. The van der Waals surface area contributed by atoms with Crippen LogP contribution in [0.4, 0.5) is 0 Å². The summed E-state index contributed by atoms with van der Waals surface area (Å²) in [6, 6.07) is 5.29. The maximum Gasteiger partial charge on any atom is 0.312 e. The van der Waals surface area contributed by atoms with Gasteiger partial charge in [0.2, 0.25) is 11.7 Å². The van der Waals surface area contributed by atoms with Gasteiger partial charge in [0, 0.05) is 5.56 Å². The van der Waals surface area contributed by atoms with Crippen LogP contribution in [0.2, 0.25) is 0 Å². The number of carboxylic acid groups (broad SMARTS) is 1. The van der Waals surface area contributed by atoms with Crippen molar-refractivity contribution in [2.45, 2.75) is 6.42 Å². The minimum Gasteiger partial charge on any atom is -0.496 e. The predicted octanol–water partition coefficient (Wildman–Crippen LogP) is 2.13. The fourth-order valence-electron chi connectivity index (χ4n) is 1.38. The van der Waals surface area contributed by atoms with Gasteiger partial charge in [0.05, 0.1) is 11.6 Å². The molecular formula is C11H9BrN2O4. The van der Waals surface area contributed by atoms with Crippen LogP contribution in [0, 0.1) is 0 Å². The Morgan fingerprint density at radius 1 is 1.56 bits per heavy atom. The van der Waals surface area contributed by atoms with E-state index < -0.39 is 5.97 Å². The molecule has 0 fully saturated rings. The molecule has 7 heteroatoms. The third-order valence-corrected chi connectivity index (χ3v) is 2.80. The Kier molecular flexibility index (Phi) is 3.61. The number of carbonyl (C=O) groups is 1. The van der Waals surface area contributed by atoms with Gasteiger partial charge in [0.15, 0.2) is 0 Å². The Bertz CT molecular complexity index is 582. The van der Waals surface area contributed by atoms with Gasteiger partial charge in [0.25, 0.3) is 0 Å². The van der Waals surface area contributed by atoms with Crippen molar-refractivity contribution >= 4 is 21.9 Å². The number of rotatable bonds is 4. The molecule has 94 valence electrons. The van der Waals surface area contributed by atoms with E-state index in [9.17, 15) is 4.79 Å². The zero-order valence-electron chi connectivity index (χ0n) is 9.38. The van der Waals surface area contributed by atoms with E-state index in [1.165, 1.54) is 0 Å². The molecule has 0 saturated heterocycles. The summed E-state index contributed by atoms with van der Waals surface area (Å²) in [5.41, 5.74) is 0.711. The maximum atomic E-state index is 10.5. The Morgan fingerprint density at radius 2 is 2.33 bits per heavy atom. The van der Waals surface area contributed by atoms with Crippen molar-refractivity contribution in [3.63, 3.8) is 0 Å². The van der Waals surface area contributed by atoms with E-state index in [0.29, 0.717) is 17.1 Å². The average Bonchev–Trinajstić information content (AvgIpc) is 2.76. The van der Waals surface area contributed by atoms with E-state index in [2.05, 4.69) is 26.1 Å². The lowest BCUT2D eigenvalue weighted by Crippen LogP contribution is -1.99. The standard InChI is InChI=1S/C11H9BrN2O4/c1-17-8-3-2-6(4-7(8)12)11-13-9(18-14-11)5-10(15)16/h2-4H,5H2,1H3,(H,15,16). The van der Waals surface area contributed by atoms with Gasteiger partial charge >= 0.3 is 5.97 Å². The number of aromatic nitrogens is 2. The minimum atomic E-state index is -1.01. The zero-order chi connectivity index (χ0) is 13.1. The van der Waals surface area contributed by atoms with Crippen LogP contribution in [-0.2, 0) is 11.2 Å². The Labute approximate surface area is 111 Å². The van der Waals surface area contributed by atoms with Crippen LogP contribution in [0.25, 0.3) is 11.4 Å². The number of benzene rings is 1. The van der Waals surface area contributed by atoms with Crippen molar-refractivity contribution in [1.82, 2.24) is 10.1 Å². The van der Waals surface area contributed by atoms with E-state index in [0.717, 1.165) is 4.47 Å². The second-order valence-electron chi connectivity index (χ2n) is 3.43. The maximum absolute atomic E-state index is 10.5. The first kappa shape index (κ1) is 12.6. The van der Waals surface area contributed by atoms with Crippen molar-refractivity contribution in [1.29, 1.82) is 0 Å². The molecule has 0 aliphatic carbocycles. The highest BCUT2D eigenvalue weighted by molar-refractivity contribution is 9.10. The van der Waals surface area contributed by atoms with E-state index in [-0.39, 0.29) is 12.3 Å². The van der Waals surface area contributed by atoms with E-state index in [1.54, 1.807) is 25.3 Å². The third kappa shape index (κ3) is 2.67. The molecule has 1 N–H and O–H groups in total.